The minimum atomic E-state index is -1.31. The van der Waals surface area contributed by atoms with Crippen molar-refractivity contribution in [2.45, 2.75) is 24.5 Å². The first kappa shape index (κ1) is 34.1. The van der Waals surface area contributed by atoms with Crippen LogP contribution in [0.3, 0.4) is 0 Å². The van der Waals surface area contributed by atoms with Crippen molar-refractivity contribution in [1.29, 1.82) is 0 Å². The second-order valence-corrected chi connectivity index (χ2v) is 12.1. The fourth-order valence-corrected chi connectivity index (χ4v) is 6.02. The zero-order chi connectivity index (χ0) is 33.7. The Morgan fingerprint density at radius 3 is 2.29 bits per heavy atom. The molecule has 6 rings (SSSR count). The van der Waals surface area contributed by atoms with Crippen LogP contribution in [0.15, 0.2) is 120 Å². The largest absolute Gasteiger partial charge is 0.494 e. The molecule has 2 atom stereocenters. The molecule has 9 heteroatoms. The van der Waals surface area contributed by atoms with Crippen LogP contribution in [0.4, 0.5) is 0 Å². The lowest BCUT2D eigenvalue weighted by Crippen LogP contribution is -2.53. The summed E-state index contributed by atoms with van der Waals surface area (Å²) in [6.07, 6.45) is 4.17. The van der Waals surface area contributed by atoms with Gasteiger partial charge in [0.2, 0.25) is 5.90 Å². The highest BCUT2D eigenvalue weighted by Crippen LogP contribution is 2.43. The van der Waals surface area contributed by atoms with Gasteiger partial charge in [-0.1, -0.05) is 97.1 Å². The molecule has 4 aromatic rings. The summed E-state index contributed by atoms with van der Waals surface area (Å²) in [5, 5.41) is 9.11. The van der Waals surface area contributed by atoms with Gasteiger partial charge in [0.1, 0.15) is 5.75 Å². The predicted octanol–water partition coefficient (Wildman–Crippen LogP) is 5.43. The number of hydrogen-bond donors (Lipinski definition) is 3. The van der Waals surface area contributed by atoms with Gasteiger partial charge in [-0.2, -0.15) is 0 Å². The van der Waals surface area contributed by atoms with Crippen molar-refractivity contribution in [3.8, 4) is 16.9 Å². The molecule has 0 unspecified atom stereocenters. The Morgan fingerprint density at radius 1 is 0.898 bits per heavy atom. The summed E-state index contributed by atoms with van der Waals surface area (Å²) in [6, 6.07) is 35.9. The molecule has 2 aliphatic rings. The number of aliphatic hydroxyl groups excluding tert-OH is 1. The van der Waals surface area contributed by atoms with Gasteiger partial charge in [-0.25, -0.2) is 10.4 Å². The monoisotopic (exact) mass is 660 g/mol. The Hall–Kier alpha value is -4.80. The molecule has 9 nitrogen and oxygen atoms in total. The van der Waals surface area contributed by atoms with E-state index in [-0.39, 0.29) is 12.5 Å². The van der Waals surface area contributed by atoms with Gasteiger partial charge in [0, 0.05) is 51.2 Å². The van der Waals surface area contributed by atoms with E-state index < -0.39 is 11.6 Å². The number of morpholine rings is 1. The maximum atomic E-state index is 14.4. The minimum absolute atomic E-state index is 0.0708. The lowest BCUT2D eigenvalue weighted by atomic mass is 9.84. The number of aliphatic hydroxyl groups is 1. The third-order valence-electron chi connectivity index (χ3n) is 8.75. The molecule has 254 valence electrons. The summed E-state index contributed by atoms with van der Waals surface area (Å²) in [6.45, 7) is 5.04. The van der Waals surface area contributed by atoms with Crippen LogP contribution in [0.25, 0.3) is 17.2 Å². The maximum Gasteiger partial charge on any atom is 0.266 e. The number of carbonyl (C=O) groups excluding carboxylic acids is 1. The van der Waals surface area contributed by atoms with Crippen molar-refractivity contribution in [2.24, 2.45) is 4.99 Å². The van der Waals surface area contributed by atoms with Crippen LogP contribution < -0.4 is 15.6 Å². The van der Waals surface area contributed by atoms with Crippen LogP contribution >= 0.6 is 0 Å². The number of benzene rings is 4. The van der Waals surface area contributed by atoms with E-state index in [0.717, 1.165) is 60.7 Å². The number of aliphatic imine (C=N–C) groups is 1. The zero-order valence-corrected chi connectivity index (χ0v) is 27.7. The Kier molecular flexibility index (Phi) is 11.8. The summed E-state index contributed by atoms with van der Waals surface area (Å²) < 4.78 is 17.9. The second kappa shape index (κ2) is 17.0. The number of carbonyl (C=O) groups is 1. The summed E-state index contributed by atoms with van der Waals surface area (Å²) in [5.41, 5.74) is 9.65. The van der Waals surface area contributed by atoms with E-state index in [2.05, 4.69) is 40.0 Å². The third kappa shape index (κ3) is 8.82. The van der Waals surface area contributed by atoms with Crippen molar-refractivity contribution in [2.75, 3.05) is 52.6 Å². The summed E-state index contributed by atoms with van der Waals surface area (Å²) in [4.78, 5) is 21.9. The van der Waals surface area contributed by atoms with Crippen LogP contribution in [-0.4, -0.2) is 80.0 Å². The first-order chi connectivity index (χ1) is 24.1. The van der Waals surface area contributed by atoms with Gasteiger partial charge in [0.15, 0.2) is 11.6 Å². The quantitative estimate of drug-likeness (QED) is 0.115. The van der Waals surface area contributed by atoms with E-state index in [9.17, 15) is 4.79 Å². The molecule has 1 amide bonds. The van der Waals surface area contributed by atoms with Crippen molar-refractivity contribution in [1.82, 2.24) is 15.8 Å². The zero-order valence-electron chi connectivity index (χ0n) is 27.7. The average Bonchev–Trinajstić information content (AvgIpc) is 3.56. The Bertz CT molecular complexity index is 1670. The highest BCUT2D eigenvalue weighted by atomic mass is 16.5. The van der Waals surface area contributed by atoms with Gasteiger partial charge >= 0.3 is 0 Å². The maximum absolute atomic E-state index is 14.4. The highest BCUT2D eigenvalue weighted by Gasteiger charge is 2.52. The Morgan fingerprint density at radius 2 is 1.57 bits per heavy atom. The summed E-state index contributed by atoms with van der Waals surface area (Å²) >= 11 is 0. The fourth-order valence-electron chi connectivity index (χ4n) is 6.02. The number of nitrogens with one attached hydrogen (secondary N) is 2. The molecule has 0 aromatic heterocycles. The van der Waals surface area contributed by atoms with Gasteiger partial charge in [-0.05, 0) is 46.5 Å². The molecule has 2 aliphatic heterocycles. The second-order valence-electron chi connectivity index (χ2n) is 12.1. The van der Waals surface area contributed by atoms with Crippen LogP contribution in [0, 0.1) is 0 Å². The van der Waals surface area contributed by atoms with Crippen LogP contribution in [0.1, 0.15) is 35.6 Å². The van der Waals surface area contributed by atoms with Crippen LogP contribution in [0.5, 0.6) is 5.75 Å². The SMILES string of the molecule is O=C(NNCCN1CCOCC1)[C@@]1(C/C=C/c2ccccc2)N=C(c2ccc(OCCCO)cc2)O[C@H]1c1ccc(-c2ccccc2)cc1. The first-order valence-corrected chi connectivity index (χ1v) is 17.0. The van der Waals surface area contributed by atoms with Gasteiger partial charge < -0.3 is 19.3 Å². The molecule has 1 fully saturated rings. The van der Waals surface area contributed by atoms with E-state index in [1.54, 1.807) is 0 Å². The molecule has 3 N–H and O–H groups in total. The van der Waals surface area contributed by atoms with E-state index in [0.29, 0.717) is 37.6 Å². The van der Waals surface area contributed by atoms with Crippen molar-refractivity contribution in [3.05, 3.63) is 132 Å². The Balaban J connectivity index is 1.31. The molecule has 0 spiro atoms. The molecule has 0 bridgehead atoms. The van der Waals surface area contributed by atoms with Gasteiger partial charge in [-0.15, -0.1) is 0 Å². The van der Waals surface area contributed by atoms with Gasteiger partial charge in [0.25, 0.3) is 5.91 Å². The predicted molar refractivity (Wildman–Crippen MR) is 192 cm³/mol. The average molecular weight is 661 g/mol. The number of rotatable bonds is 15. The van der Waals surface area contributed by atoms with Crippen molar-refractivity contribution in [3.63, 3.8) is 0 Å². The molecule has 49 heavy (non-hydrogen) atoms. The van der Waals surface area contributed by atoms with Crippen molar-refractivity contribution >= 4 is 17.9 Å². The van der Waals surface area contributed by atoms with E-state index in [4.69, 9.17) is 24.3 Å². The molecule has 0 saturated carbocycles. The number of hydrogen-bond acceptors (Lipinski definition) is 8. The number of ether oxygens (including phenoxy) is 3. The molecule has 1 saturated heterocycles. The van der Waals surface area contributed by atoms with Gasteiger partial charge in [0.05, 0.1) is 19.8 Å². The van der Waals surface area contributed by atoms with Crippen molar-refractivity contribution < 1.29 is 24.1 Å². The molecular weight excluding hydrogens is 616 g/mol. The number of nitrogens with zero attached hydrogens (tertiary/aromatic N) is 2. The third-order valence-corrected chi connectivity index (χ3v) is 8.75. The first-order valence-electron chi connectivity index (χ1n) is 17.0. The summed E-state index contributed by atoms with van der Waals surface area (Å²) in [7, 11) is 0. The number of amides is 1. The molecular formula is C40H44N4O5. The lowest BCUT2D eigenvalue weighted by molar-refractivity contribution is -0.129. The standard InChI is InChI=1S/C40H44N4O5/c45-27-8-28-48-36-20-18-35(19-21-36)38-42-40(22-7-11-31-9-3-1-4-10-31,39(46)43-41-23-24-44-25-29-47-30-26-44)37(49-38)34-16-14-33(15-17-34)32-12-5-2-6-13-32/h1-7,9-21,37,41,45H,8,22-30H2,(H,43,46)/b11-7+/t37-,40-/m0/s1. The molecule has 4 aromatic carbocycles. The Labute approximate surface area is 288 Å². The van der Waals surface area contributed by atoms with E-state index in [1.807, 2.05) is 97.1 Å². The molecule has 0 aliphatic carbocycles. The van der Waals surface area contributed by atoms with Crippen LogP contribution in [0.2, 0.25) is 0 Å². The number of hydrazine groups is 1. The summed E-state index contributed by atoms with van der Waals surface area (Å²) in [5.74, 6) is 0.794. The highest BCUT2D eigenvalue weighted by molar-refractivity contribution is 6.01. The normalized spacial score (nSPS) is 19.4. The lowest BCUT2D eigenvalue weighted by Gasteiger charge is -2.30. The topological polar surface area (TPSA) is 105 Å². The molecule has 0 radical (unpaired) electrons. The fraction of sp³-hybridized carbons (Fsp3) is 0.300. The van der Waals surface area contributed by atoms with E-state index >= 15 is 0 Å². The molecule has 2 heterocycles. The van der Waals surface area contributed by atoms with E-state index in [1.165, 1.54) is 0 Å². The smallest absolute Gasteiger partial charge is 0.266 e. The van der Waals surface area contributed by atoms with Gasteiger partial charge in [-0.3, -0.25) is 15.1 Å². The van der Waals surface area contributed by atoms with Crippen LogP contribution in [-0.2, 0) is 14.3 Å². The minimum Gasteiger partial charge on any atom is -0.494 e.